The highest BCUT2D eigenvalue weighted by Gasteiger charge is 2.33. The zero-order chi connectivity index (χ0) is 19.2. The van der Waals surface area contributed by atoms with Gasteiger partial charge >= 0.3 is 0 Å². The molecular weight excluding hydrogens is 352 g/mol. The van der Waals surface area contributed by atoms with E-state index in [0.29, 0.717) is 11.2 Å². The third-order valence-electron chi connectivity index (χ3n) is 5.60. The fraction of sp³-hybridized carbons (Fsp3) is 0.409. The number of quaternary nitrogens is 2. The molecule has 1 aliphatic heterocycles. The van der Waals surface area contributed by atoms with Crippen LogP contribution in [0.15, 0.2) is 54.6 Å². The Hall–Kier alpha value is -1.95. The van der Waals surface area contributed by atoms with Crippen LogP contribution in [0.1, 0.15) is 24.1 Å². The van der Waals surface area contributed by atoms with Gasteiger partial charge in [0.15, 0.2) is 5.11 Å². The van der Waals surface area contributed by atoms with Gasteiger partial charge in [0.25, 0.3) is 0 Å². The summed E-state index contributed by atoms with van der Waals surface area (Å²) in [5.74, 6) is 0. The van der Waals surface area contributed by atoms with Crippen molar-refractivity contribution in [3.05, 3.63) is 65.7 Å². The summed E-state index contributed by atoms with van der Waals surface area (Å²) in [6.07, 6.45) is 0. The molecular formula is C22H32N4S+2. The van der Waals surface area contributed by atoms with Gasteiger partial charge in [0.1, 0.15) is 32.2 Å². The number of aryl methyl sites for hydroxylation is 1. The van der Waals surface area contributed by atoms with Crippen molar-refractivity contribution in [2.24, 2.45) is 0 Å². The SMILES string of the molecule is Cc1ccccc1NC(=S)N[C@@H](C)[C@@H](c1ccccc1)[NH+]1CC[NH+](C)CC1. The van der Waals surface area contributed by atoms with E-state index >= 15 is 0 Å². The number of piperazine rings is 1. The van der Waals surface area contributed by atoms with Crippen molar-refractivity contribution in [2.75, 3.05) is 38.5 Å². The van der Waals surface area contributed by atoms with Crippen molar-refractivity contribution in [1.82, 2.24) is 5.32 Å². The third-order valence-corrected chi connectivity index (χ3v) is 5.82. The van der Waals surface area contributed by atoms with Crippen LogP contribution < -0.4 is 20.4 Å². The van der Waals surface area contributed by atoms with Gasteiger partial charge in [0.05, 0.1) is 13.1 Å². The summed E-state index contributed by atoms with van der Waals surface area (Å²) in [7, 11) is 2.29. The Labute approximate surface area is 168 Å². The van der Waals surface area contributed by atoms with Crippen LogP contribution in [0.5, 0.6) is 0 Å². The summed E-state index contributed by atoms with van der Waals surface area (Å²) in [6, 6.07) is 19.7. The summed E-state index contributed by atoms with van der Waals surface area (Å²) >= 11 is 5.63. The van der Waals surface area contributed by atoms with Crippen LogP contribution in [0.25, 0.3) is 0 Å². The zero-order valence-electron chi connectivity index (χ0n) is 16.6. The number of benzene rings is 2. The highest BCUT2D eigenvalue weighted by molar-refractivity contribution is 7.80. The molecule has 0 saturated carbocycles. The number of hydrogen-bond acceptors (Lipinski definition) is 1. The van der Waals surface area contributed by atoms with Gasteiger partial charge in [-0.3, -0.25) is 0 Å². The molecule has 4 N–H and O–H groups in total. The van der Waals surface area contributed by atoms with Gasteiger partial charge in [-0.2, -0.15) is 0 Å². The molecule has 1 heterocycles. The minimum absolute atomic E-state index is 0.241. The number of rotatable bonds is 5. The largest absolute Gasteiger partial charge is 0.354 e. The molecule has 0 radical (unpaired) electrons. The lowest BCUT2D eigenvalue weighted by molar-refractivity contribution is -1.02. The number of thiocarbonyl (C=S) groups is 1. The van der Waals surface area contributed by atoms with E-state index in [1.807, 2.05) is 12.1 Å². The molecule has 2 aromatic rings. The van der Waals surface area contributed by atoms with Crippen LogP contribution in [-0.2, 0) is 0 Å². The average molecular weight is 385 g/mol. The summed E-state index contributed by atoms with van der Waals surface area (Å²) in [6.45, 7) is 9.17. The number of anilines is 1. The number of hydrogen-bond donors (Lipinski definition) is 4. The van der Waals surface area contributed by atoms with Crippen LogP contribution in [0.2, 0.25) is 0 Å². The number of nitrogens with one attached hydrogen (secondary N) is 4. The molecule has 0 amide bonds. The minimum Gasteiger partial charge on any atom is -0.354 e. The Balaban J connectivity index is 1.71. The molecule has 1 fully saturated rings. The van der Waals surface area contributed by atoms with Crippen molar-refractivity contribution in [3.63, 3.8) is 0 Å². The quantitative estimate of drug-likeness (QED) is 0.576. The second kappa shape index (κ2) is 9.31. The van der Waals surface area contributed by atoms with Gasteiger partial charge in [-0.05, 0) is 37.7 Å². The van der Waals surface area contributed by atoms with E-state index in [2.05, 4.69) is 74.0 Å². The van der Waals surface area contributed by atoms with Gasteiger partial charge in [0, 0.05) is 11.3 Å². The monoisotopic (exact) mass is 384 g/mol. The predicted octanol–water partition coefficient (Wildman–Crippen LogP) is 0.824. The Morgan fingerprint density at radius 3 is 2.26 bits per heavy atom. The fourth-order valence-electron chi connectivity index (χ4n) is 4.01. The van der Waals surface area contributed by atoms with E-state index < -0.39 is 0 Å². The molecule has 27 heavy (non-hydrogen) atoms. The Kier molecular flexibility index (Phi) is 6.83. The van der Waals surface area contributed by atoms with Crippen molar-refractivity contribution in [1.29, 1.82) is 0 Å². The zero-order valence-corrected chi connectivity index (χ0v) is 17.4. The lowest BCUT2D eigenvalue weighted by atomic mass is 9.98. The molecule has 0 aliphatic carbocycles. The first kappa shape index (κ1) is 19.8. The van der Waals surface area contributed by atoms with Crippen LogP contribution >= 0.6 is 12.2 Å². The number of para-hydroxylation sites is 1. The maximum Gasteiger partial charge on any atom is 0.171 e. The topological polar surface area (TPSA) is 32.9 Å². The van der Waals surface area contributed by atoms with Crippen molar-refractivity contribution in [3.8, 4) is 0 Å². The number of likely N-dealkylation sites (N-methyl/N-ethyl adjacent to an activating group) is 1. The molecule has 3 rings (SSSR count). The molecule has 0 bridgehead atoms. The van der Waals surface area contributed by atoms with E-state index in [1.165, 1.54) is 37.3 Å². The average Bonchev–Trinajstić information content (AvgIpc) is 2.66. The van der Waals surface area contributed by atoms with E-state index in [-0.39, 0.29) is 6.04 Å². The summed E-state index contributed by atoms with van der Waals surface area (Å²) in [4.78, 5) is 3.27. The van der Waals surface area contributed by atoms with Crippen molar-refractivity contribution in [2.45, 2.75) is 25.9 Å². The first-order chi connectivity index (χ1) is 13.0. The normalized spacial score (nSPS) is 21.9. The molecule has 144 valence electrons. The molecule has 0 unspecified atom stereocenters. The van der Waals surface area contributed by atoms with Crippen LogP contribution in [-0.4, -0.2) is 44.4 Å². The highest BCUT2D eigenvalue weighted by Crippen LogP contribution is 2.16. The second-order valence-electron chi connectivity index (χ2n) is 7.71. The first-order valence-corrected chi connectivity index (χ1v) is 10.3. The van der Waals surface area contributed by atoms with Crippen LogP contribution in [0, 0.1) is 6.92 Å². The van der Waals surface area contributed by atoms with E-state index in [9.17, 15) is 0 Å². The molecule has 2 atom stereocenters. The van der Waals surface area contributed by atoms with Gasteiger partial charge in [-0.15, -0.1) is 0 Å². The first-order valence-electron chi connectivity index (χ1n) is 9.88. The smallest absolute Gasteiger partial charge is 0.171 e. The van der Waals surface area contributed by atoms with Crippen molar-refractivity contribution < 1.29 is 9.80 Å². The Morgan fingerprint density at radius 2 is 1.59 bits per heavy atom. The van der Waals surface area contributed by atoms with Gasteiger partial charge in [0.2, 0.25) is 0 Å². The summed E-state index contributed by atoms with van der Waals surface area (Å²) < 4.78 is 0. The molecule has 2 aromatic carbocycles. The Bertz CT molecular complexity index is 741. The molecule has 1 aliphatic rings. The van der Waals surface area contributed by atoms with Crippen LogP contribution in [0.3, 0.4) is 0 Å². The van der Waals surface area contributed by atoms with E-state index in [0.717, 1.165) is 5.69 Å². The maximum absolute atomic E-state index is 5.63. The van der Waals surface area contributed by atoms with Crippen molar-refractivity contribution >= 4 is 23.0 Å². The predicted molar refractivity (Wildman–Crippen MR) is 116 cm³/mol. The molecule has 1 saturated heterocycles. The molecule has 0 aromatic heterocycles. The minimum atomic E-state index is 0.241. The molecule has 5 heteroatoms. The maximum atomic E-state index is 5.63. The lowest BCUT2D eigenvalue weighted by Gasteiger charge is -2.37. The molecule has 0 spiro atoms. The standard InChI is InChI=1S/C22H30N4S/c1-17-9-7-8-12-20(17)24-22(27)23-18(2)21(19-10-5-4-6-11-19)26-15-13-25(3)14-16-26/h4-12,18,21H,13-16H2,1-3H3,(H2,23,24,27)/p+2/t18-,21-/m0/s1. The summed E-state index contributed by atoms with van der Waals surface area (Å²) in [5.41, 5.74) is 3.64. The summed E-state index contributed by atoms with van der Waals surface area (Å²) in [5, 5.41) is 7.61. The van der Waals surface area contributed by atoms with E-state index in [1.54, 1.807) is 9.80 Å². The lowest BCUT2D eigenvalue weighted by Crippen LogP contribution is -3.27. The van der Waals surface area contributed by atoms with E-state index in [4.69, 9.17) is 12.2 Å². The molecule has 4 nitrogen and oxygen atoms in total. The highest BCUT2D eigenvalue weighted by atomic mass is 32.1. The second-order valence-corrected chi connectivity index (χ2v) is 8.11. The van der Waals surface area contributed by atoms with Gasteiger partial charge in [-0.25, -0.2) is 0 Å². The Morgan fingerprint density at radius 1 is 0.963 bits per heavy atom. The third kappa shape index (κ3) is 5.28. The fourth-order valence-corrected chi connectivity index (χ4v) is 4.30. The van der Waals surface area contributed by atoms with Gasteiger partial charge in [-0.1, -0.05) is 48.5 Å². The van der Waals surface area contributed by atoms with Gasteiger partial charge < -0.3 is 20.4 Å². The van der Waals surface area contributed by atoms with Crippen LogP contribution in [0.4, 0.5) is 5.69 Å².